The third-order valence-corrected chi connectivity index (χ3v) is 2.19. The Kier molecular flexibility index (Phi) is 2.92. The van der Waals surface area contributed by atoms with Crippen LogP contribution in [0.5, 0.6) is 0 Å². The molecule has 0 bridgehead atoms. The van der Waals surface area contributed by atoms with E-state index >= 15 is 0 Å². The van der Waals surface area contributed by atoms with E-state index in [9.17, 15) is 18.9 Å². The van der Waals surface area contributed by atoms with Crippen LogP contribution < -0.4 is 0 Å². The Morgan fingerprint density at radius 1 is 1.54 bits per heavy atom. The first-order valence-corrected chi connectivity index (χ1v) is 4.04. The summed E-state index contributed by atoms with van der Waals surface area (Å²) < 4.78 is 25.2. The fourth-order valence-corrected chi connectivity index (χ4v) is 1.26. The molecule has 1 aromatic rings. The van der Waals surface area contributed by atoms with E-state index in [4.69, 9.17) is 0 Å². The molecule has 0 N–H and O–H groups in total. The quantitative estimate of drug-likeness (QED) is 0.599. The average Bonchev–Trinajstić information content (AvgIpc) is 2.07. The fourth-order valence-electron chi connectivity index (χ4n) is 0.820. The third kappa shape index (κ3) is 2.00. The molecule has 0 fully saturated rings. The number of hydrogen-bond acceptors (Lipinski definition) is 2. The molecule has 0 heterocycles. The maximum Gasteiger partial charge on any atom is 0.305 e. The van der Waals surface area contributed by atoms with Crippen LogP contribution in [0.3, 0.4) is 0 Å². The number of nitro benzene ring substituents is 1. The van der Waals surface area contributed by atoms with Gasteiger partial charge in [-0.25, -0.2) is 4.39 Å². The van der Waals surface area contributed by atoms with Crippen LogP contribution in [-0.4, -0.2) is 4.92 Å². The summed E-state index contributed by atoms with van der Waals surface area (Å²) in [5, 5.41) is 10.2. The Morgan fingerprint density at radius 3 is 2.62 bits per heavy atom. The molecule has 0 aromatic heterocycles. The van der Waals surface area contributed by atoms with Crippen LogP contribution in [0.15, 0.2) is 16.6 Å². The molecule has 1 rings (SSSR count). The lowest BCUT2D eigenvalue weighted by atomic mass is 10.2. The molecule has 0 aliphatic rings. The smallest absolute Gasteiger partial charge is 0.258 e. The average molecular weight is 252 g/mol. The summed E-state index contributed by atoms with van der Waals surface area (Å²) in [5.74, 6) is -1.03. The molecular weight excluding hydrogens is 248 g/mol. The molecule has 0 spiro atoms. The lowest BCUT2D eigenvalue weighted by Crippen LogP contribution is -1.94. The Hall–Kier alpha value is -1.04. The molecule has 3 nitrogen and oxygen atoms in total. The highest BCUT2D eigenvalue weighted by Crippen LogP contribution is 2.26. The maximum absolute atomic E-state index is 12.8. The van der Waals surface area contributed by atoms with Crippen molar-refractivity contribution in [3.8, 4) is 0 Å². The first-order valence-electron chi connectivity index (χ1n) is 3.24. The van der Waals surface area contributed by atoms with Crippen molar-refractivity contribution < 1.29 is 13.7 Å². The summed E-state index contributed by atoms with van der Waals surface area (Å²) >= 11 is 2.90. The van der Waals surface area contributed by atoms with Gasteiger partial charge in [-0.1, -0.05) is 15.9 Å². The summed E-state index contributed by atoms with van der Waals surface area (Å²) in [4.78, 5) is 9.37. The number of nitrogens with zero attached hydrogens (tertiary/aromatic N) is 1. The molecule has 0 radical (unpaired) electrons. The lowest BCUT2D eigenvalue weighted by molar-refractivity contribution is -0.387. The lowest BCUT2D eigenvalue weighted by Gasteiger charge is -1.99. The minimum atomic E-state index is -1.03. The topological polar surface area (TPSA) is 43.1 Å². The van der Waals surface area contributed by atoms with Crippen LogP contribution in [0.4, 0.5) is 14.5 Å². The van der Waals surface area contributed by atoms with Gasteiger partial charge in [0.05, 0.1) is 4.92 Å². The van der Waals surface area contributed by atoms with Crippen LogP contribution >= 0.6 is 15.9 Å². The minimum absolute atomic E-state index is 0.0584. The molecule has 6 heteroatoms. The van der Waals surface area contributed by atoms with E-state index < -0.39 is 23.1 Å². The van der Waals surface area contributed by atoms with Gasteiger partial charge in [-0.3, -0.25) is 10.1 Å². The van der Waals surface area contributed by atoms with E-state index in [0.717, 1.165) is 12.1 Å². The van der Waals surface area contributed by atoms with Gasteiger partial charge in [0.15, 0.2) is 0 Å². The molecule has 1 aromatic carbocycles. The van der Waals surface area contributed by atoms with Crippen LogP contribution in [0, 0.1) is 15.9 Å². The molecule has 0 unspecified atom stereocenters. The van der Waals surface area contributed by atoms with Gasteiger partial charge < -0.3 is 0 Å². The summed E-state index contributed by atoms with van der Waals surface area (Å²) in [6, 6.07) is 1.76. The van der Waals surface area contributed by atoms with Gasteiger partial charge in [0.2, 0.25) is 5.82 Å². The zero-order valence-corrected chi connectivity index (χ0v) is 7.85. The van der Waals surface area contributed by atoms with Crippen molar-refractivity contribution in [1.29, 1.82) is 0 Å². The summed E-state index contributed by atoms with van der Waals surface area (Å²) in [7, 11) is 0. The van der Waals surface area contributed by atoms with Crippen LogP contribution in [-0.2, 0) is 6.67 Å². The molecule has 70 valence electrons. The van der Waals surface area contributed by atoms with Crippen molar-refractivity contribution in [1.82, 2.24) is 0 Å². The standard InChI is InChI=1S/C7H4BrF2NO2/c8-5-2-7(11(12)13)6(10)1-4(5)3-9/h1-2H,3H2. The second-order valence-corrected chi connectivity index (χ2v) is 3.14. The van der Waals surface area contributed by atoms with Crippen molar-refractivity contribution in [2.24, 2.45) is 0 Å². The monoisotopic (exact) mass is 251 g/mol. The Balaban J connectivity index is 3.28. The van der Waals surface area contributed by atoms with Gasteiger partial charge in [0.1, 0.15) is 6.67 Å². The van der Waals surface area contributed by atoms with Gasteiger partial charge in [0, 0.05) is 16.1 Å². The highest BCUT2D eigenvalue weighted by Gasteiger charge is 2.16. The van der Waals surface area contributed by atoms with Crippen molar-refractivity contribution >= 4 is 21.6 Å². The van der Waals surface area contributed by atoms with Crippen molar-refractivity contribution in [2.45, 2.75) is 6.67 Å². The molecule has 0 saturated heterocycles. The van der Waals surface area contributed by atoms with E-state index in [2.05, 4.69) is 15.9 Å². The van der Waals surface area contributed by atoms with Gasteiger partial charge in [0.25, 0.3) is 0 Å². The molecule has 0 saturated carbocycles. The van der Waals surface area contributed by atoms with E-state index in [0.29, 0.717) is 0 Å². The normalized spacial score (nSPS) is 10.1. The Labute approximate surface area is 80.6 Å². The van der Waals surface area contributed by atoms with E-state index in [1.807, 2.05) is 0 Å². The number of hydrogen-bond donors (Lipinski definition) is 0. The highest BCUT2D eigenvalue weighted by molar-refractivity contribution is 9.10. The highest BCUT2D eigenvalue weighted by atomic mass is 79.9. The van der Waals surface area contributed by atoms with Crippen LogP contribution in [0.25, 0.3) is 0 Å². The Bertz CT molecular complexity index is 357. The molecule has 0 atom stereocenters. The number of benzene rings is 1. The second kappa shape index (κ2) is 3.78. The van der Waals surface area contributed by atoms with Crippen molar-refractivity contribution in [3.05, 3.63) is 38.1 Å². The van der Waals surface area contributed by atoms with E-state index in [-0.39, 0.29) is 10.0 Å². The van der Waals surface area contributed by atoms with Gasteiger partial charge in [-0.2, -0.15) is 4.39 Å². The molecule has 13 heavy (non-hydrogen) atoms. The van der Waals surface area contributed by atoms with Crippen LogP contribution in [0.1, 0.15) is 5.56 Å². The first-order chi connectivity index (χ1) is 6.06. The van der Waals surface area contributed by atoms with Gasteiger partial charge in [-0.05, 0) is 6.07 Å². The predicted octanol–water partition coefficient (Wildman–Crippen LogP) is 2.97. The molecule has 0 aliphatic carbocycles. The zero-order valence-electron chi connectivity index (χ0n) is 6.26. The number of halogens is 3. The third-order valence-electron chi connectivity index (χ3n) is 1.46. The van der Waals surface area contributed by atoms with E-state index in [1.54, 1.807) is 0 Å². The summed E-state index contributed by atoms with van der Waals surface area (Å²) in [5.41, 5.74) is -0.604. The van der Waals surface area contributed by atoms with Gasteiger partial charge >= 0.3 is 5.69 Å². The number of rotatable bonds is 2. The number of nitro groups is 1. The summed E-state index contributed by atoms with van der Waals surface area (Å²) in [6.07, 6.45) is 0. The van der Waals surface area contributed by atoms with E-state index in [1.165, 1.54) is 0 Å². The fraction of sp³-hybridized carbons (Fsp3) is 0.143. The number of alkyl halides is 1. The Morgan fingerprint density at radius 2 is 2.15 bits per heavy atom. The predicted molar refractivity (Wildman–Crippen MR) is 45.6 cm³/mol. The first kappa shape index (κ1) is 10.0. The molecule has 0 aliphatic heterocycles. The van der Waals surface area contributed by atoms with Crippen molar-refractivity contribution in [3.63, 3.8) is 0 Å². The maximum atomic E-state index is 12.8. The van der Waals surface area contributed by atoms with Gasteiger partial charge in [-0.15, -0.1) is 0 Å². The SMILES string of the molecule is O=[N+]([O-])c1cc(Br)c(CF)cc1F. The minimum Gasteiger partial charge on any atom is -0.258 e. The zero-order chi connectivity index (χ0) is 10.0. The second-order valence-electron chi connectivity index (χ2n) is 2.29. The largest absolute Gasteiger partial charge is 0.305 e. The van der Waals surface area contributed by atoms with Crippen LogP contribution in [0.2, 0.25) is 0 Å². The van der Waals surface area contributed by atoms with Crippen molar-refractivity contribution in [2.75, 3.05) is 0 Å². The summed E-state index contributed by atoms with van der Waals surface area (Å²) in [6.45, 7) is -0.866. The molecular formula is C7H4BrF2NO2. The molecule has 0 amide bonds.